The van der Waals surface area contributed by atoms with Crippen LogP contribution in [0.3, 0.4) is 0 Å². The third-order valence-electron chi connectivity index (χ3n) is 3.76. The van der Waals surface area contributed by atoms with Crippen molar-refractivity contribution in [2.45, 2.75) is 13.1 Å². The summed E-state index contributed by atoms with van der Waals surface area (Å²) in [6, 6.07) is 16.2. The van der Waals surface area contributed by atoms with E-state index in [1.165, 1.54) is 0 Å². The molecule has 0 fully saturated rings. The summed E-state index contributed by atoms with van der Waals surface area (Å²) in [6.07, 6.45) is 1.82. The molecule has 0 atom stereocenters. The number of rotatable bonds is 2. The molecule has 5 nitrogen and oxygen atoms in total. The summed E-state index contributed by atoms with van der Waals surface area (Å²) in [4.78, 5) is 6.64. The fourth-order valence-electron chi connectivity index (χ4n) is 2.69. The summed E-state index contributed by atoms with van der Waals surface area (Å²) in [5.41, 5.74) is 1.11. The molecule has 4 rings (SSSR count). The van der Waals surface area contributed by atoms with E-state index in [4.69, 9.17) is 0 Å². The van der Waals surface area contributed by atoms with Crippen molar-refractivity contribution in [2.75, 3.05) is 11.4 Å². The Hall–Kier alpha value is -2.69. The molecule has 0 N–H and O–H groups in total. The quantitative estimate of drug-likeness (QED) is 0.721. The highest BCUT2D eigenvalue weighted by Gasteiger charge is 2.22. The molecule has 2 aromatic heterocycles. The first-order valence-electron chi connectivity index (χ1n) is 7.05. The number of hydrogen-bond donors (Lipinski definition) is 0. The Kier molecular flexibility index (Phi) is 2.88. The molecule has 5 heteroatoms. The Bertz CT molecular complexity index is 736. The minimum absolute atomic E-state index is 0.747. The van der Waals surface area contributed by atoms with E-state index in [1.54, 1.807) is 0 Å². The zero-order chi connectivity index (χ0) is 14.1. The lowest BCUT2D eigenvalue weighted by Gasteiger charge is -2.28. The standard InChI is InChI=1S/C16H15N5/c1-2-6-13(7-3-1)16-19-18-15-12-20(10-11-21(15)16)14-8-4-5-9-17-14/h1-9H,10-12H2. The predicted molar refractivity (Wildman–Crippen MR) is 80.7 cm³/mol. The van der Waals surface area contributed by atoms with Crippen molar-refractivity contribution in [3.8, 4) is 11.4 Å². The topological polar surface area (TPSA) is 46.8 Å². The number of fused-ring (bicyclic) bond motifs is 1. The van der Waals surface area contributed by atoms with E-state index in [0.717, 1.165) is 42.7 Å². The molecule has 0 aliphatic carbocycles. The van der Waals surface area contributed by atoms with Gasteiger partial charge < -0.3 is 9.47 Å². The molecule has 1 aromatic carbocycles. The Balaban J connectivity index is 1.65. The summed E-state index contributed by atoms with van der Waals surface area (Å²) in [5.74, 6) is 2.94. The lowest BCUT2D eigenvalue weighted by molar-refractivity contribution is 0.560. The molecule has 0 bridgehead atoms. The number of aromatic nitrogens is 4. The maximum Gasteiger partial charge on any atom is 0.164 e. The average Bonchev–Trinajstić information content (AvgIpc) is 2.99. The number of hydrogen-bond acceptors (Lipinski definition) is 4. The summed E-state index contributed by atoms with van der Waals surface area (Å²) < 4.78 is 2.20. The molecule has 0 saturated carbocycles. The Morgan fingerprint density at radius 2 is 1.71 bits per heavy atom. The van der Waals surface area contributed by atoms with Crippen molar-refractivity contribution < 1.29 is 0 Å². The summed E-state index contributed by atoms with van der Waals surface area (Å²) >= 11 is 0. The fraction of sp³-hybridized carbons (Fsp3) is 0.188. The highest BCUT2D eigenvalue weighted by Crippen LogP contribution is 2.23. The van der Waals surface area contributed by atoms with Gasteiger partial charge in [0, 0.05) is 24.8 Å². The second kappa shape index (κ2) is 5.01. The van der Waals surface area contributed by atoms with Crippen LogP contribution < -0.4 is 4.90 Å². The van der Waals surface area contributed by atoms with Crippen LogP contribution in [0.25, 0.3) is 11.4 Å². The molecule has 0 unspecified atom stereocenters. The van der Waals surface area contributed by atoms with Gasteiger partial charge in [-0.25, -0.2) is 4.98 Å². The van der Waals surface area contributed by atoms with Gasteiger partial charge in [0.1, 0.15) is 5.82 Å². The van der Waals surface area contributed by atoms with E-state index in [1.807, 2.05) is 42.6 Å². The van der Waals surface area contributed by atoms with Gasteiger partial charge in [0.15, 0.2) is 11.6 Å². The third-order valence-corrected chi connectivity index (χ3v) is 3.76. The molecule has 21 heavy (non-hydrogen) atoms. The summed E-state index contributed by atoms with van der Waals surface area (Å²) in [7, 11) is 0. The van der Waals surface area contributed by atoms with Gasteiger partial charge in [-0.05, 0) is 12.1 Å². The molecule has 1 aliphatic heterocycles. The summed E-state index contributed by atoms with van der Waals surface area (Å²) in [5, 5.41) is 8.71. The van der Waals surface area contributed by atoms with Crippen LogP contribution in [-0.2, 0) is 13.1 Å². The molecule has 3 heterocycles. The van der Waals surface area contributed by atoms with Crippen LogP contribution in [0.2, 0.25) is 0 Å². The van der Waals surface area contributed by atoms with Crippen LogP contribution in [0.5, 0.6) is 0 Å². The van der Waals surface area contributed by atoms with Crippen molar-refractivity contribution in [1.82, 2.24) is 19.7 Å². The maximum atomic E-state index is 4.41. The number of benzene rings is 1. The average molecular weight is 277 g/mol. The van der Waals surface area contributed by atoms with Crippen LogP contribution in [0.15, 0.2) is 54.7 Å². The molecule has 0 spiro atoms. The normalized spacial score (nSPS) is 14.0. The second-order valence-corrected chi connectivity index (χ2v) is 5.07. The zero-order valence-corrected chi connectivity index (χ0v) is 11.6. The SMILES string of the molecule is c1ccc(-c2nnc3n2CCN(c2ccccn2)C3)cc1. The van der Waals surface area contributed by atoms with E-state index in [9.17, 15) is 0 Å². The van der Waals surface area contributed by atoms with Gasteiger partial charge in [-0.1, -0.05) is 36.4 Å². The zero-order valence-electron chi connectivity index (χ0n) is 11.6. The van der Waals surface area contributed by atoms with Gasteiger partial charge in [-0.3, -0.25) is 0 Å². The molecule has 0 saturated heterocycles. The van der Waals surface area contributed by atoms with Gasteiger partial charge in [0.05, 0.1) is 6.54 Å². The molecule has 0 amide bonds. The Morgan fingerprint density at radius 1 is 0.857 bits per heavy atom. The largest absolute Gasteiger partial charge is 0.347 e. The third kappa shape index (κ3) is 2.16. The van der Waals surface area contributed by atoms with E-state index in [0.29, 0.717) is 0 Å². The fourth-order valence-corrected chi connectivity index (χ4v) is 2.69. The van der Waals surface area contributed by atoms with Gasteiger partial charge in [-0.15, -0.1) is 10.2 Å². The maximum absolute atomic E-state index is 4.41. The van der Waals surface area contributed by atoms with Crippen LogP contribution in [0.1, 0.15) is 5.82 Å². The first kappa shape index (κ1) is 12.1. The monoisotopic (exact) mass is 277 g/mol. The first-order valence-corrected chi connectivity index (χ1v) is 7.05. The Labute approximate surface area is 122 Å². The van der Waals surface area contributed by atoms with Crippen LogP contribution in [-0.4, -0.2) is 26.3 Å². The van der Waals surface area contributed by atoms with Gasteiger partial charge >= 0.3 is 0 Å². The highest BCUT2D eigenvalue weighted by molar-refractivity contribution is 5.55. The summed E-state index contributed by atoms with van der Waals surface area (Å²) in [6.45, 7) is 2.54. The van der Waals surface area contributed by atoms with Crippen molar-refractivity contribution in [3.05, 3.63) is 60.6 Å². The molecular weight excluding hydrogens is 262 g/mol. The van der Waals surface area contributed by atoms with E-state index in [-0.39, 0.29) is 0 Å². The van der Waals surface area contributed by atoms with Crippen molar-refractivity contribution in [1.29, 1.82) is 0 Å². The first-order chi connectivity index (χ1) is 10.4. The smallest absolute Gasteiger partial charge is 0.164 e. The lowest BCUT2D eigenvalue weighted by Crippen LogP contribution is -2.34. The van der Waals surface area contributed by atoms with E-state index in [2.05, 4.69) is 36.8 Å². The molecule has 3 aromatic rings. The number of anilines is 1. The lowest BCUT2D eigenvalue weighted by atomic mass is 10.2. The number of nitrogens with zero attached hydrogens (tertiary/aromatic N) is 5. The van der Waals surface area contributed by atoms with E-state index >= 15 is 0 Å². The molecule has 0 radical (unpaired) electrons. The second-order valence-electron chi connectivity index (χ2n) is 5.07. The van der Waals surface area contributed by atoms with Gasteiger partial charge in [-0.2, -0.15) is 0 Å². The predicted octanol–water partition coefficient (Wildman–Crippen LogP) is 2.36. The van der Waals surface area contributed by atoms with Crippen LogP contribution in [0.4, 0.5) is 5.82 Å². The van der Waals surface area contributed by atoms with Crippen LogP contribution >= 0.6 is 0 Å². The molecular formula is C16H15N5. The molecule has 1 aliphatic rings. The Morgan fingerprint density at radius 3 is 2.52 bits per heavy atom. The van der Waals surface area contributed by atoms with Crippen molar-refractivity contribution in [2.24, 2.45) is 0 Å². The van der Waals surface area contributed by atoms with E-state index < -0.39 is 0 Å². The van der Waals surface area contributed by atoms with Crippen molar-refractivity contribution in [3.63, 3.8) is 0 Å². The van der Waals surface area contributed by atoms with Crippen LogP contribution in [0, 0.1) is 0 Å². The highest BCUT2D eigenvalue weighted by atomic mass is 15.3. The van der Waals surface area contributed by atoms with Gasteiger partial charge in [0.25, 0.3) is 0 Å². The minimum atomic E-state index is 0.747. The minimum Gasteiger partial charge on any atom is -0.347 e. The molecule has 104 valence electrons. The van der Waals surface area contributed by atoms with Gasteiger partial charge in [0.2, 0.25) is 0 Å². The number of pyridine rings is 1. The van der Waals surface area contributed by atoms with Crippen molar-refractivity contribution >= 4 is 5.82 Å².